The number of hydrogen-bond acceptors (Lipinski definition) is 6. The van der Waals surface area contributed by atoms with Gasteiger partial charge in [0.05, 0.1) is 0 Å². The molecule has 4 rings (SSSR count). The van der Waals surface area contributed by atoms with E-state index < -0.39 is 5.60 Å². The van der Waals surface area contributed by atoms with Gasteiger partial charge in [0.2, 0.25) is 11.8 Å². The molecule has 0 spiro atoms. The molecule has 216 valence electrons. The maximum atomic E-state index is 12.0. The summed E-state index contributed by atoms with van der Waals surface area (Å²) in [6.07, 6.45) is 5.75. The number of benzene rings is 2. The third kappa shape index (κ3) is 9.37. The number of rotatable bonds is 10. The van der Waals surface area contributed by atoms with Crippen molar-refractivity contribution in [3.05, 3.63) is 65.2 Å². The number of alkyl carbamates (subject to hydrolysis) is 1. The third-order valence-electron chi connectivity index (χ3n) is 7.51. The molecule has 3 N–H and O–H groups in total. The molecular weight excluding hydrogens is 504 g/mol. The Morgan fingerprint density at radius 2 is 1.73 bits per heavy atom. The van der Waals surface area contributed by atoms with Gasteiger partial charge in [-0.2, -0.15) is 0 Å². The van der Waals surface area contributed by atoms with Crippen LogP contribution in [0.3, 0.4) is 0 Å². The number of ether oxygens (including phenoxy) is 1. The summed E-state index contributed by atoms with van der Waals surface area (Å²) >= 11 is 0. The lowest BCUT2D eigenvalue weighted by molar-refractivity contribution is -0.133. The van der Waals surface area contributed by atoms with Gasteiger partial charge in [-0.1, -0.05) is 36.4 Å². The minimum Gasteiger partial charge on any atom is -0.444 e. The Morgan fingerprint density at radius 3 is 2.42 bits per heavy atom. The first-order valence-electron chi connectivity index (χ1n) is 14.6. The molecule has 3 amide bonds. The largest absolute Gasteiger partial charge is 0.444 e. The lowest BCUT2D eigenvalue weighted by atomic mass is 9.89. The molecule has 2 aromatic rings. The van der Waals surface area contributed by atoms with Crippen molar-refractivity contribution in [2.24, 2.45) is 0 Å². The van der Waals surface area contributed by atoms with Crippen LogP contribution in [0.1, 0.15) is 81.9 Å². The molecule has 2 saturated heterocycles. The number of carbonyl (C=O) groups excluding carboxylic acids is 3. The standard InChI is InChI=1S/C32H44N4O4/c1-32(2,3)40-31(39)33-18-5-4-7-23-8-6-9-24(21-23)22-36-19-16-26(17-20-36)25-10-12-27(13-11-25)34-28-14-15-29(37)35-30(28)38/h6,8-13,21,26,28,34H,4-5,7,14-20,22H2,1-3H3,(H,33,39)(H,35,37,38). The smallest absolute Gasteiger partial charge is 0.407 e. The second kappa shape index (κ2) is 13.8. The summed E-state index contributed by atoms with van der Waals surface area (Å²) in [7, 11) is 0. The van der Waals surface area contributed by atoms with Gasteiger partial charge in [0.15, 0.2) is 0 Å². The van der Waals surface area contributed by atoms with Crippen LogP contribution in [-0.2, 0) is 27.3 Å². The molecule has 0 bridgehead atoms. The average molecular weight is 549 g/mol. The van der Waals surface area contributed by atoms with Gasteiger partial charge < -0.3 is 15.4 Å². The Balaban J connectivity index is 1.16. The fraction of sp³-hybridized carbons (Fsp3) is 0.531. The van der Waals surface area contributed by atoms with Crippen molar-refractivity contribution in [2.45, 2.75) is 89.8 Å². The summed E-state index contributed by atoms with van der Waals surface area (Å²) in [5, 5.41) is 8.49. The van der Waals surface area contributed by atoms with Crippen LogP contribution in [0, 0.1) is 0 Å². The van der Waals surface area contributed by atoms with Gasteiger partial charge in [0.25, 0.3) is 0 Å². The molecule has 0 aromatic heterocycles. The van der Waals surface area contributed by atoms with E-state index >= 15 is 0 Å². The molecule has 1 unspecified atom stereocenters. The van der Waals surface area contributed by atoms with E-state index in [4.69, 9.17) is 4.74 Å². The number of aryl methyl sites for hydroxylation is 1. The molecule has 2 heterocycles. The number of nitrogens with zero attached hydrogens (tertiary/aromatic N) is 1. The molecule has 2 aliphatic heterocycles. The number of amides is 3. The fourth-order valence-corrected chi connectivity index (χ4v) is 5.41. The quantitative estimate of drug-likeness (QED) is 0.281. The summed E-state index contributed by atoms with van der Waals surface area (Å²) in [5.41, 5.74) is 4.48. The lowest BCUT2D eigenvalue weighted by Crippen LogP contribution is -2.47. The van der Waals surface area contributed by atoms with Crippen LogP contribution in [0.4, 0.5) is 10.5 Å². The number of carbonyl (C=O) groups is 3. The van der Waals surface area contributed by atoms with E-state index in [0.29, 0.717) is 25.3 Å². The van der Waals surface area contributed by atoms with Crippen molar-refractivity contribution < 1.29 is 19.1 Å². The van der Waals surface area contributed by atoms with Crippen LogP contribution in [0.15, 0.2) is 48.5 Å². The number of piperidine rings is 2. The van der Waals surface area contributed by atoms with E-state index in [1.54, 1.807) is 0 Å². The number of likely N-dealkylation sites (tertiary alicyclic amines) is 1. The Morgan fingerprint density at radius 1 is 1.00 bits per heavy atom. The van der Waals surface area contributed by atoms with E-state index in [-0.39, 0.29) is 23.9 Å². The maximum absolute atomic E-state index is 12.0. The summed E-state index contributed by atoms with van der Waals surface area (Å²) in [6, 6.07) is 17.0. The van der Waals surface area contributed by atoms with Crippen LogP contribution >= 0.6 is 0 Å². The number of hydrogen-bond donors (Lipinski definition) is 3. The lowest BCUT2D eigenvalue weighted by Gasteiger charge is -2.32. The van der Waals surface area contributed by atoms with Gasteiger partial charge in [0, 0.05) is 25.2 Å². The van der Waals surface area contributed by atoms with Crippen molar-refractivity contribution in [2.75, 3.05) is 25.0 Å². The van der Waals surface area contributed by atoms with E-state index in [1.165, 1.54) is 16.7 Å². The first kappa shape index (κ1) is 29.6. The van der Waals surface area contributed by atoms with Crippen LogP contribution in [0.2, 0.25) is 0 Å². The van der Waals surface area contributed by atoms with Crippen molar-refractivity contribution >= 4 is 23.6 Å². The highest BCUT2D eigenvalue weighted by Crippen LogP contribution is 2.30. The highest BCUT2D eigenvalue weighted by molar-refractivity contribution is 6.01. The summed E-state index contributed by atoms with van der Waals surface area (Å²) < 4.78 is 5.28. The van der Waals surface area contributed by atoms with Crippen molar-refractivity contribution in [3.8, 4) is 0 Å². The minimum atomic E-state index is -0.468. The summed E-state index contributed by atoms with van der Waals surface area (Å²) in [5.74, 6) is 0.103. The van der Waals surface area contributed by atoms with Gasteiger partial charge in [0.1, 0.15) is 11.6 Å². The minimum absolute atomic E-state index is 0.195. The van der Waals surface area contributed by atoms with Crippen LogP contribution in [0.25, 0.3) is 0 Å². The molecule has 2 aliphatic rings. The van der Waals surface area contributed by atoms with E-state index in [9.17, 15) is 14.4 Å². The fourth-order valence-electron chi connectivity index (χ4n) is 5.41. The molecule has 8 nitrogen and oxygen atoms in total. The Kier molecular flexibility index (Phi) is 10.2. The van der Waals surface area contributed by atoms with Crippen molar-refractivity contribution in [1.29, 1.82) is 0 Å². The molecule has 8 heteroatoms. The molecule has 0 radical (unpaired) electrons. The zero-order chi connectivity index (χ0) is 28.5. The first-order chi connectivity index (χ1) is 19.1. The third-order valence-corrected chi connectivity index (χ3v) is 7.51. The molecule has 0 aliphatic carbocycles. The van der Waals surface area contributed by atoms with Crippen LogP contribution in [-0.4, -0.2) is 54.1 Å². The summed E-state index contributed by atoms with van der Waals surface area (Å²) in [4.78, 5) is 37.7. The van der Waals surface area contributed by atoms with Gasteiger partial charge in [-0.15, -0.1) is 0 Å². The highest BCUT2D eigenvalue weighted by atomic mass is 16.6. The Bertz CT molecular complexity index is 1150. The average Bonchev–Trinajstić information content (AvgIpc) is 2.90. The highest BCUT2D eigenvalue weighted by Gasteiger charge is 2.26. The molecular formula is C32H44N4O4. The van der Waals surface area contributed by atoms with Gasteiger partial charge in [-0.25, -0.2) is 4.79 Å². The van der Waals surface area contributed by atoms with Crippen molar-refractivity contribution in [1.82, 2.24) is 15.5 Å². The second-order valence-corrected chi connectivity index (χ2v) is 12.0. The molecule has 1 atom stereocenters. The second-order valence-electron chi connectivity index (χ2n) is 12.0. The monoisotopic (exact) mass is 548 g/mol. The molecule has 40 heavy (non-hydrogen) atoms. The zero-order valence-electron chi connectivity index (χ0n) is 24.1. The van der Waals surface area contributed by atoms with E-state index in [1.807, 2.05) is 32.9 Å². The van der Waals surface area contributed by atoms with Gasteiger partial charge >= 0.3 is 6.09 Å². The molecule has 0 saturated carbocycles. The van der Waals surface area contributed by atoms with Crippen LogP contribution in [0.5, 0.6) is 0 Å². The van der Waals surface area contributed by atoms with Gasteiger partial charge in [-0.05, 0) is 107 Å². The predicted octanol–water partition coefficient (Wildman–Crippen LogP) is 5.13. The summed E-state index contributed by atoms with van der Waals surface area (Å²) in [6.45, 7) is 9.34. The number of anilines is 1. The Labute approximate surface area is 238 Å². The number of imide groups is 1. The number of unbranched alkanes of at least 4 members (excludes halogenated alkanes) is 1. The maximum Gasteiger partial charge on any atom is 0.407 e. The molecule has 2 aromatic carbocycles. The Hall–Kier alpha value is -3.39. The van der Waals surface area contributed by atoms with Crippen LogP contribution < -0.4 is 16.0 Å². The molecule has 2 fully saturated rings. The van der Waals surface area contributed by atoms with Crippen molar-refractivity contribution in [3.63, 3.8) is 0 Å². The van der Waals surface area contributed by atoms with Gasteiger partial charge in [-0.3, -0.25) is 19.8 Å². The topological polar surface area (TPSA) is 99.8 Å². The number of nitrogens with one attached hydrogen (secondary N) is 3. The normalized spacial score (nSPS) is 18.7. The predicted molar refractivity (Wildman–Crippen MR) is 157 cm³/mol. The zero-order valence-corrected chi connectivity index (χ0v) is 24.1. The first-order valence-corrected chi connectivity index (χ1v) is 14.6. The van der Waals surface area contributed by atoms with E-state index in [2.05, 4.69) is 57.2 Å². The van der Waals surface area contributed by atoms with E-state index in [0.717, 1.165) is 57.4 Å². The SMILES string of the molecule is CC(C)(C)OC(=O)NCCCCc1cccc(CN2CCC(c3ccc(NC4CCC(=O)NC4=O)cc3)CC2)c1.